The third kappa shape index (κ3) is 5.46. The highest BCUT2D eigenvalue weighted by Gasteiger charge is 2.38. The quantitative estimate of drug-likeness (QED) is 0.441. The number of carboxylic acid groups (broad SMARTS) is 2. The molecule has 0 bridgehead atoms. The summed E-state index contributed by atoms with van der Waals surface area (Å²) in [5.41, 5.74) is 0. The molecule has 4 atom stereocenters. The van der Waals surface area contributed by atoms with Gasteiger partial charge in [0, 0.05) is 6.42 Å². The van der Waals surface area contributed by atoms with Crippen LogP contribution in [0.3, 0.4) is 0 Å². The zero-order chi connectivity index (χ0) is 14.5. The summed E-state index contributed by atoms with van der Waals surface area (Å²) in [7, 11) is 0. The van der Waals surface area contributed by atoms with Gasteiger partial charge in [-0.2, -0.15) is 0 Å². The van der Waals surface area contributed by atoms with E-state index in [0.717, 1.165) is 25.9 Å². The Bertz CT molecular complexity index is 348. The van der Waals surface area contributed by atoms with E-state index in [2.05, 4.69) is 0 Å². The van der Waals surface area contributed by atoms with Crippen molar-refractivity contribution in [1.82, 2.24) is 0 Å². The first-order valence-corrected chi connectivity index (χ1v) is 7.24. The third-order valence-corrected chi connectivity index (χ3v) is 3.99. The number of hydrogen-bond donors (Lipinski definition) is 2. The summed E-state index contributed by atoms with van der Waals surface area (Å²) in [6.45, 7) is 1.38. The van der Waals surface area contributed by atoms with E-state index in [9.17, 15) is 14.7 Å². The average Bonchev–Trinajstić information content (AvgIpc) is 3.23. The van der Waals surface area contributed by atoms with Gasteiger partial charge in [-0.1, -0.05) is 6.42 Å². The molecule has 2 aliphatic rings. The maximum atomic E-state index is 11.5. The summed E-state index contributed by atoms with van der Waals surface area (Å²) in [6, 6.07) is 0. The summed E-state index contributed by atoms with van der Waals surface area (Å²) in [5, 5.41) is 18.0. The molecular formula is C14H22O6. The van der Waals surface area contributed by atoms with E-state index in [-0.39, 0.29) is 24.5 Å². The topological polar surface area (TPSA) is 99.7 Å². The first kappa shape index (κ1) is 15.3. The van der Waals surface area contributed by atoms with Crippen LogP contribution in [-0.4, -0.2) is 47.6 Å². The van der Waals surface area contributed by atoms with Crippen LogP contribution >= 0.6 is 0 Å². The molecule has 0 aromatic carbocycles. The Morgan fingerprint density at radius 2 is 1.65 bits per heavy atom. The number of epoxide rings is 2. The second kappa shape index (κ2) is 7.04. The van der Waals surface area contributed by atoms with Gasteiger partial charge in [-0.3, -0.25) is 9.59 Å². The van der Waals surface area contributed by atoms with Crippen LogP contribution in [0.25, 0.3) is 0 Å². The van der Waals surface area contributed by atoms with E-state index in [0.29, 0.717) is 19.4 Å². The second-order valence-corrected chi connectivity index (χ2v) is 5.73. The highest BCUT2D eigenvalue weighted by atomic mass is 16.6. The lowest BCUT2D eigenvalue weighted by molar-refractivity contribution is -0.144. The molecule has 0 aromatic heterocycles. The monoisotopic (exact) mass is 286 g/mol. The molecule has 6 nitrogen and oxygen atoms in total. The van der Waals surface area contributed by atoms with E-state index < -0.39 is 17.9 Å². The minimum Gasteiger partial charge on any atom is -0.481 e. The number of hydrogen-bond acceptors (Lipinski definition) is 4. The number of unbranched alkanes of at least 4 members (excludes halogenated alkanes) is 1. The summed E-state index contributed by atoms with van der Waals surface area (Å²) in [5.74, 6) is -1.92. The Labute approximate surface area is 118 Å². The lowest BCUT2D eigenvalue weighted by atomic mass is 9.81. The van der Waals surface area contributed by atoms with Crippen LogP contribution < -0.4 is 0 Å². The third-order valence-electron chi connectivity index (χ3n) is 3.99. The first-order chi connectivity index (χ1) is 9.56. The minimum atomic E-state index is -0.798. The van der Waals surface area contributed by atoms with Gasteiger partial charge in [0.25, 0.3) is 0 Å². The Kier molecular flexibility index (Phi) is 5.37. The zero-order valence-electron chi connectivity index (χ0n) is 11.5. The van der Waals surface area contributed by atoms with Crippen molar-refractivity contribution in [3.8, 4) is 0 Å². The Balaban J connectivity index is 1.82. The lowest BCUT2D eigenvalue weighted by Crippen LogP contribution is -2.26. The van der Waals surface area contributed by atoms with Gasteiger partial charge in [-0.05, 0) is 31.6 Å². The van der Waals surface area contributed by atoms with Crippen LogP contribution in [0.15, 0.2) is 0 Å². The van der Waals surface area contributed by atoms with Crippen molar-refractivity contribution in [2.75, 3.05) is 13.2 Å². The van der Waals surface area contributed by atoms with Gasteiger partial charge in [-0.15, -0.1) is 0 Å². The SMILES string of the molecule is O=C(O)CCCCC(CC1CO1)C(CC1CO1)C(=O)O. The normalized spacial score (nSPS) is 26.8. The molecule has 2 fully saturated rings. The van der Waals surface area contributed by atoms with Gasteiger partial charge in [0.05, 0.1) is 31.3 Å². The lowest BCUT2D eigenvalue weighted by Gasteiger charge is -2.23. The van der Waals surface area contributed by atoms with Gasteiger partial charge in [-0.25, -0.2) is 0 Å². The molecule has 0 spiro atoms. The largest absolute Gasteiger partial charge is 0.481 e. The van der Waals surface area contributed by atoms with E-state index in [4.69, 9.17) is 14.6 Å². The van der Waals surface area contributed by atoms with Crippen molar-refractivity contribution in [2.24, 2.45) is 11.8 Å². The van der Waals surface area contributed by atoms with Crippen molar-refractivity contribution >= 4 is 11.9 Å². The molecular weight excluding hydrogens is 264 g/mol. The summed E-state index contributed by atoms with van der Waals surface area (Å²) >= 11 is 0. The Morgan fingerprint density at radius 1 is 1.05 bits per heavy atom. The molecule has 0 radical (unpaired) electrons. The van der Waals surface area contributed by atoms with Crippen LogP contribution in [0, 0.1) is 11.8 Å². The molecule has 2 heterocycles. The van der Waals surface area contributed by atoms with Crippen molar-refractivity contribution in [2.45, 2.75) is 50.7 Å². The van der Waals surface area contributed by atoms with Gasteiger partial charge in [0.2, 0.25) is 0 Å². The van der Waals surface area contributed by atoms with Crippen LogP contribution in [0.4, 0.5) is 0 Å². The van der Waals surface area contributed by atoms with Crippen LogP contribution in [-0.2, 0) is 19.1 Å². The van der Waals surface area contributed by atoms with Crippen molar-refractivity contribution in [1.29, 1.82) is 0 Å². The van der Waals surface area contributed by atoms with Crippen molar-refractivity contribution in [3.05, 3.63) is 0 Å². The molecule has 2 N–H and O–H groups in total. The van der Waals surface area contributed by atoms with Gasteiger partial charge in [0.1, 0.15) is 0 Å². The number of carboxylic acids is 2. The molecule has 20 heavy (non-hydrogen) atoms. The van der Waals surface area contributed by atoms with E-state index in [1.165, 1.54) is 0 Å². The van der Waals surface area contributed by atoms with Crippen LogP contribution in [0.5, 0.6) is 0 Å². The van der Waals surface area contributed by atoms with Crippen LogP contribution in [0.2, 0.25) is 0 Å². The smallest absolute Gasteiger partial charge is 0.306 e. The van der Waals surface area contributed by atoms with Crippen LogP contribution in [0.1, 0.15) is 38.5 Å². The highest BCUT2D eigenvalue weighted by molar-refractivity contribution is 5.70. The maximum Gasteiger partial charge on any atom is 0.306 e. The summed E-state index contributed by atoms with van der Waals surface area (Å²) in [4.78, 5) is 22.0. The number of ether oxygens (including phenoxy) is 2. The van der Waals surface area contributed by atoms with E-state index >= 15 is 0 Å². The van der Waals surface area contributed by atoms with E-state index in [1.54, 1.807) is 0 Å². The van der Waals surface area contributed by atoms with Gasteiger partial charge < -0.3 is 19.7 Å². The predicted octanol–water partition coefficient (Wildman–Crippen LogP) is 1.53. The molecule has 2 rings (SSSR count). The van der Waals surface area contributed by atoms with Crippen molar-refractivity contribution < 1.29 is 29.3 Å². The van der Waals surface area contributed by atoms with E-state index in [1.807, 2.05) is 0 Å². The molecule has 0 saturated carbocycles. The Morgan fingerprint density at radius 3 is 2.15 bits per heavy atom. The fourth-order valence-electron chi connectivity index (χ4n) is 2.69. The minimum absolute atomic E-state index is 0.0537. The first-order valence-electron chi connectivity index (χ1n) is 7.24. The van der Waals surface area contributed by atoms with Gasteiger partial charge in [0.15, 0.2) is 0 Å². The molecule has 0 aromatic rings. The average molecular weight is 286 g/mol. The van der Waals surface area contributed by atoms with Gasteiger partial charge >= 0.3 is 11.9 Å². The number of aliphatic carboxylic acids is 2. The molecule has 2 saturated heterocycles. The number of carbonyl (C=O) groups is 2. The summed E-state index contributed by atoms with van der Waals surface area (Å²) < 4.78 is 10.4. The molecule has 0 amide bonds. The molecule has 6 heteroatoms. The predicted molar refractivity (Wildman–Crippen MR) is 69.4 cm³/mol. The maximum absolute atomic E-state index is 11.5. The molecule has 4 unspecified atom stereocenters. The number of rotatable bonds is 11. The molecule has 2 aliphatic heterocycles. The Hall–Kier alpha value is -1.14. The fourth-order valence-corrected chi connectivity index (χ4v) is 2.69. The van der Waals surface area contributed by atoms with Crippen molar-refractivity contribution in [3.63, 3.8) is 0 Å². The second-order valence-electron chi connectivity index (χ2n) is 5.73. The molecule has 0 aliphatic carbocycles. The standard InChI is InChI=1S/C14H22O6/c15-13(16)4-2-1-3-9(5-10-7-19-10)12(14(17)18)6-11-8-20-11/h9-12H,1-8H2,(H,15,16)(H,17,18). The molecule has 114 valence electrons. The highest BCUT2D eigenvalue weighted by Crippen LogP contribution is 2.34. The fraction of sp³-hybridized carbons (Fsp3) is 0.857. The zero-order valence-corrected chi connectivity index (χ0v) is 11.5. The summed E-state index contributed by atoms with van der Waals surface area (Å²) in [6.07, 6.45) is 3.86.